The van der Waals surface area contributed by atoms with Crippen LogP contribution in [-0.2, 0) is 6.42 Å². The number of unbranched alkanes of at least 4 members (excludes halogenated alkanes) is 1. The summed E-state index contributed by atoms with van der Waals surface area (Å²) in [7, 11) is 0. The number of aryl methyl sites for hydroxylation is 1. The van der Waals surface area contributed by atoms with Gasteiger partial charge in [0.25, 0.3) is 0 Å². The average Bonchev–Trinajstić information content (AvgIpc) is 2.18. The van der Waals surface area contributed by atoms with E-state index in [2.05, 4.69) is 0 Å². The molecular weight excluding hydrogens is 202 g/mol. The van der Waals surface area contributed by atoms with Crippen LogP contribution in [0.5, 0.6) is 11.5 Å². The van der Waals surface area contributed by atoms with Gasteiger partial charge in [-0.15, -0.1) is 11.5 Å². The molecular formula is C11H12F2O2-2. The van der Waals surface area contributed by atoms with E-state index in [4.69, 9.17) is 0 Å². The summed E-state index contributed by atoms with van der Waals surface area (Å²) in [5.74, 6) is -1.03. The fourth-order valence-corrected chi connectivity index (χ4v) is 1.37. The van der Waals surface area contributed by atoms with Crippen molar-refractivity contribution >= 4 is 0 Å². The molecule has 0 heterocycles. The summed E-state index contributed by atoms with van der Waals surface area (Å²) >= 11 is 0. The van der Waals surface area contributed by atoms with Crippen molar-refractivity contribution in [2.75, 3.05) is 0 Å². The highest BCUT2D eigenvalue weighted by atomic mass is 19.3. The number of alkyl halides is 2. The largest absolute Gasteiger partial charge is 0.873 e. The minimum absolute atomic E-state index is 0.148. The Kier molecular flexibility index (Phi) is 4.34. The van der Waals surface area contributed by atoms with Crippen molar-refractivity contribution in [3.8, 4) is 11.5 Å². The van der Waals surface area contributed by atoms with Gasteiger partial charge in [0.2, 0.25) is 6.43 Å². The zero-order valence-electron chi connectivity index (χ0n) is 8.21. The second-order valence-electron chi connectivity index (χ2n) is 3.38. The van der Waals surface area contributed by atoms with E-state index in [-0.39, 0.29) is 6.42 Å². The third-order valence-corrected chi connectivity index (χ3v) is 2.18. The summed E-state index contributed by atoms with van der Waals surface area (Å²) in [4.78, 5) is 0. The first-order valence-corrected chi connectivity index (χ1v) is 4.85. The van der Waals surface area contributed by atoms with Crippen LogP contribution in [0.15, 0.2) is 18.2 Å². The molecule has 0 saturated heterocycles. The van der Waals surface area contributed by atoms with Crippen molar-refractivity contribution in [3.63, 3.8) is 0 Å². The standard InChI is InChI=1S/C11H14F2O2/c12-10(13)7-2-1-4-8-5-3-6-9(14)11(8)15/h3,5-6,10,14-15H,1-2,4,7H2/p-2. The lowest BCUT2D eigenvalue weighted by molar-refractivity contribution is -0.318. The molecule has 0 amide bonds. The van der Waals surface area contributed by atoms with Gasteiger partial charge >= 0.3 is 0 Å². The second-order valence-corrected chi connectivity index (χ2v) is 3.38. The summed E-state index contributed by atoms with van der Waals surface area (Å²) in [6.45, 7) is 0. The molecule has 15 heavy (non-hydrogen) atoms. The van der Waals surface area contributed by atoms with Gasteiger partial charge in [-0.1, -0.05) is 23.8 Å². The number of para-hydroxylation sites is 1. The lowest BCUT2D eigenvalue weighted by atomic mass is 10.1. The van der Waals surface area contributed by atoms with E-state index in [9.17, 15) is 19.0 Å². The molecule has 0 spiro atoms. The Balaban J connectivity index is 2.41. The van der Waals surface area contributed by atoms with Crippen molar-refractivity contribution in [3.05, 3.63) is 23.8 Å². The fraction of sp³-hybridized carbons (Fsp3) is 0.455. The summed E-state index contributed by atoms with van der Waals surface area (Å²) in [6.07, 6.45) is -1.14. The van der Waals surface area contributed by atoms with E-state index in [1.807, 2.05) is 0 Å². The molecule has 0 N–H and O–H groups in total. The first-order chi connectivity index (χ1) is 7.11. The van der Waals surface area contributed by atoms with Crippen molar-refractivity contribution in [1.29, 1.82) is 0 Å². The molecule has 1 aromatic rings. The third-order valence-electron chi connectivity index (χ3n) is 2.18. The van der Waals surface area contributed by atoms with Gasteiger partial charge in [-0.25, -0.2) is 8.78 Å². The summed E-state index contributed by atoms with van der Waals surface area (Å²) in [5.41, 5.74) is 0.428. The topological polar surface area (TPSA) is 46.1 Å². The Hall–Kier alpha value is -1.32. The molecule has 1 aromatic carbocycles. The van der Waals surface area contributed by atoms with E-state index in [0.29, 0.717) is 24.8 Å². The predicted octanol–water partition coefficient (Wildman–Crippen LogP) is 1.81. The van der Waals surface area contributed by atoms with Crippen LogP contribution >= 0.6 is 0 Å². The zero-order chi connectivity index (χ0) is 11.3. The smallest absolute Gasteiger partial charge is 0.238 e. The molecule has 0 bridgehead atoms. The van der Waals surface area contributed by atoms with E-state index >= 15 is 0 Å². The molecule has 0 saturated carbocycles. The first kappa shape index (κ1) is 11.8. The Morgan fingerprint density at radius 1 is 1.13 bits per heavy atom. The number of benzene rings is 1. The number of rotatable bonds is 5. The highest BCUT2D eigenvalue weighted by Gasteiger charge is 2.01. The Morgan fingerprint density at radius 3 is 2.53 bits per heavy atom. The molecule has 0 aliphatic rings. The first-order valence-electron chi connectivity index (χ1n) is 4.85. The van der Waals surface area contributed by atoms with Crippen LogP contribution in [0.1, 0.15) is 24.8 Å². The van der Waals surface area contributed by atoms with Gasteiger partial charge in [0, 0.05) is 6.42 Å². The number of halogens is 2. The van der Waals surface area contributed by atoms with Gasteiger partial charge in [0.1, 0.15) is 0 Å². The number of hydrogen-bond donors (Lipinski definition) is 0. The number of hydrogen-bond acceptors (Lipinski definition) is 2. The average molecular weight is 214 g/mol. The molecule has 0 fully saturated rings. The molecule has 0 unspecified atom stereocenters. The van der Waals surface area contributed by atoms with E-state index in [1.54, 1.807) is 6.07 Å². The highest BCUT2D eigenvalue weighted by Crippen LogP contribution is 2.24. The van der Waals surface area contributed by atoms with Crippen LogP contribution in [0.3, 0.4) is 0 Å². The molecule has 0 aromatic heterocycles. The SMILES string of the molecule is [O-]c1cccc(CCCCC(F)F)c1[O-]. The van der Waals surface area contributed by atoms with Crippen molar-refractivity contribution in [2.45, 2.75) is 32.1 Å². The van der Waals surface area contributed by atoms with Gasteiger partial charge < -0.3 is 10.2 Å². The quantitative estimate of drug-likeness (QED) is 0.702. The van der Waals surface area contributed by atoms with Crippen LogP contribution in [0.4, 0.5) is 8.78 Å². The monoisotopic (exact) mass is 214 g/mol. The van der Waals surface area contributed by atoms with Gasteiger partial charge in [-0.05, 0) is 19.3 Å². The van der Waals surface area contributed by atoms with Crippen LogP contribution in [0, 0.1) is 0 Å². The van der Waals surface area contributed by atoms with Crippen LogP contribution in [0.25, 0.3) is 0 Å². The molecule has 2 nitrogen and oxygen atoms in total. The maximum Gasteiger partial charge on any atom is 0.238 e. The summed E-state index contributed by atoms with van der Waals surface area (Å²) in [6, 6.07) is 4.31. The van der Waals surface area contributed by atoms with E-state index in [0.717, 1.165) is 0 Å². The molecule has 0 radical (unpaired) electrons. The van der Waals surface area contributed by atoms with Crippen molar-refractivity contribution in [2.24, 2.45) is 0 Å². The Morgan fingerprint density at radius 2 is 1.87 bits per heavy atom. The van der Waals surface area contributed by atoms with E-state index in [1.165, 1.54) is 12.1 Å². The molecule has 0 aliphatic heterocycles. The zero-order valence-corrected chi connectivity index (χ0v) is 8.21. The van der Waals surface area contributed by atoms with Crippen LogP contribution < -0.4 is 10.2 Å². The maximum absolute atomic E-state index is 11.8. The molecule has 0 aliphatic carbocycles. The fourth-order valence-electron chi connectivity index (χ4n) is 1.37. The molecule has 0 atom stereocenters. The molecule has 4 heteroatoms. The normalized spacial score (nSPS) is 10.9. The predicted molar refractivity (Wildman–Crippen MR) is 48.9 cm³/mol. The van der Waals surface area contributed by atoms with Gasteiger partial charge in [-0.3, -0.25) is 0 Å². The lowest BCUT2D eigenvalue weighted by Crippen LogP contribution is -2.03. The van der Waals surface area contributed by atoms with Crippen molar-refractivity contribution < 1.29 is 19.0 Å². The van der Waals surface area contributed by atoms with Crippen molar-refractivity contribution in [1.82, 2.24) is 0 Å². The van der Waals surface area contributed by atoms with Crippen LogP contribution in [0.2, 0.25) is 0 Å². The van der Waals surface area contributed by atoms with E-state index < -0.39 is 17.9 Å². The minimum Gasteiger partial charge on any atom is -0.873 e. The Labute approximate surface area is 87.2 Å². The van der Waals surface area contributed by atoms with Gasteiger partial charge in [0.05, 0.1) is 0 Å². The Bertz CT molecular complexity index is 313. The van der Waals surface area contributed by atoms with Crippen LogP contribution in [-0.4, -0.2) is 6.43 Å². The van der Waals surface area contributed by atoms with Gasteiger partial charge in [-0.2, -0.15) is 0 Å². The highest BCUT2D eigenvalue weighted by molar-refractivity contribution is 5.42. The minimum atomic E-state index is -2.29. The molecule has 1 rings (SSSR count). The summed E-state index contributed by atoms with van der Waals surface area (Å²) < 4.78 is 23.6. The van der Waals surface area contributed by atoms with Gasteiger partial charge in [0.15, 0.2) is 0 Å². The third kappa shape index (κ3) is 3.73. The lowest BCUT2D eigenvalue weighted by Gasteiger charge is -2.21. The maximum atomic E-state index is 11.8. The molecule has 84 valence electrons. The summed E-state index contributed by atoms with van der Waals surface area (Å²) in [5, 5.41) is 22.2. The second kappa shape index (κ2) is 5.53.